The van der Waals surface area contributed by atoms with E-state index < -0.39 is 40.3 Å². The van der Waals surface area contributed by atoms with E-state index in [0.29, 0.717) is 10.6 Å². The Labute approximate surface area is 165 Å². The summed E-state index contributed by atoms with van der Waals surface area (Å²) in [6, 6.07) is 12.6. The van der Waals surface area contributed by atoms with Gasteiger partial charge in [0.2, 0.25) is 0 Å². The highest BCUT2D eigenvalue weighted by Gasteiger charge is 2.94. The maximum absolute atomic E-state index is 13.4. The lowest BCUT2D eigenvalue weighted by molar-refractivity contribution is -0.162. The highest BCUT2D eigenvalue weighted by atomic mass is 35.5. The van der Waals surface area contributed by atoms with Crippen LogP contribution in [0.1, 0.15) is 32.2 Å². The number of halogens is 1. The Morgan fingerprint density at radius 2 is 1.32 bits per heavy atom. The topological polar surface area (TPSA) is 86.7 Å². The Morgan fingerprint density at radius 1 is 0.857 bits per heavy atom. The smallest absolute Gasteiger partial charge is 0.325 e. The number of rotatable bonds is 3. The van der Waals surface area contributed by atoms with Crippen molar-refractivity contribution in [2.75, 3.05) is 14.2 Å². The number of hydrogen-bond donors (Lipinski definition) is 0. The van der Waals surface area contributed by atoms with Crippen molar-refractivity contribution in [1.82, 2.24) is 0 Å². The average Bonchev–Trinajstić information content (AvgIpc) is 3.31. The first-order valence-electron chi connectivity index (χ1n) is 8.49. The lowest BCUT2D eigenvalue weighted by Crippen LogP contribution is -2.39. The second-order valence-electron chi connectivity index (χ2n) is 6.79. The fourth-order valence-corrected chi connectivity index (χ4v) is 4.75. The Kier molecular flexibility index (Phi) is 3.94. The SMILES string of the molecule is COC(=O)C1(C(=O)OC)[C@@H](c2ccc(Cl)cc2)C12C(=O)c1ccccc1C2=O. The van der Waals surface area contributed by atoms with Crippen LogP contribution in [0.3, 0.4) is 0 Å². The molecule has 7 heteroatoms. The van der Waals surface area contributed by atoms with Crippen LogP contribution in [0.2, 0.25) is 5.02 Å². The van der Waals surface area contributed by atoms with Crippen LogP contribution in [-0.2, 0) is 19.1 Å². The van der Waals surface area contributed by atoms with Crippen LogP contribution in [0.5, 0.6) is 0 Å². The average molecular weight is 399 g/mol. The van der Waals surface area contributed by atoms with Crippen molar-refractivity contribution in [1.29, 1.82) is 0 Å². The monoisotopic (exact) mass is 398 g/mol. The Bertz CT molecular complexity index is 988. The van der Waals surface area contributed by atoms with Crippen molar-refractivity contribution in [3.63, 3.8) is 0 Å². The summed E-state index contributed by atoms with van der Waals surface area (Å²) in [5.74, 6) is -4.17. The van der Waals surface area contributed by atoms with Gasteiger partial charge in [0.15, 0.2) is 17.0 Å². The number of ketones is 2. The van der Waals surface area contributed by atoms with Crippen LogP contribution in [0.25, 0.3) is 0 Å². The molecule has 1 fully saturated rings. The van der Waals surface area contributed by atoms with Gasteiger partial charge < -0.3 is 9.47 Å². The first-order valence-corrected chi connectivity index (χ1v) is 8.87. The molecule has 0 bridgehead atoms. The predicted molar refractivity (Wildman–Crippen MR) is 98.2 cm³/mol. The molecule has 0 amide bonds. The van der Waals surface area contributed by atoms with Crippen LogP contribution < -0.4 is 0 Å². The van der Waals surface area contributed by atoms with Gasteiger partial charge in [-0.2, -0.15) is 0 Å². The van der Waals surface area contributed by atoms with Crippen LogP contribution >= 0.6 is 11.6 Å². The molecule has 1 atom stereocenters. The molecule has 0 unspecified atom stereocenters. The van der Waals surface area contributed by atoms with E-state index in [-0.39, 0.29) is 11.1 Å². The van der Waals surface area contributed by atoms with Crippen molar-refractivity contribution in [3.8, 4) is 0 Å². The van der Waals surface area contributed by atoms with E-state index in [9.17, 15) is 19.2 Å². The summed E-state index contributed by atoms with van der Waals surface area (Å²) < 4.78 is 9.78. The number of carbonyl (C=O) groups excluding carboxylic acids is 4. The number of fused-ring (bicyclic) bond motifs is 1. The molecular formula is C21H15ClO6. The van der Waals surface area contributed by atoms with E-state index in [4.69, 9.17) is 21.1 Å². The minimum Gasteiger partial charge on any atom is -0.468 e. The Morgan fingerprint density at radius 3 is 1.75 bits per heavy atom. The number of methoxy groups -OCH3 is 2. The molecule has 0 heterocycles. The molecule has 0 aromatic heterocycles. The number of ether oxygens (including phenoxy) is 2. The molecule has 0 N–H and O–H groups in total. The molecule has 1 saturated carbocycles. The Hall–Kier alpha value is -2.99. The summed E-state index contributed by atoms with van der Waals surface area (Å²) in [7, 11) is 2.21. The molecular weight excluding hydrogens is 384 g/mol. The lowest BCUT2D eigenvalue weighted by atomic mass is 9.87. The summed E-state index contributed by atoms with van der Waals surface area (Å²) in [6.07, 6.45) is 0. The van der Waals surface area contributed by atoms with Crippen molar-refractivity contribution in [2.24, 2.45) is 10.8 Å². The number of Topliss-reactive ketones (excluding diaryl/α,β-unsaturated/α-hetero) is 2. The van der Waals surface area contributed by atoms with Gasteiger partial charge in [0, 0.05) is 22.1 Å². The second-order valence-corrected chi connectivity index (χ2v) is 7.22. The van der Waals surface area contributed by atoms with E-state index >= 15 is 0 Å². The van der Waals surface area contributed by atoms with E-state index in [1.807, 2.05) is 0 Å². The van der Waals surface area contributed by atoms with Gasteiger partial charge in [-0.3, -0.25) is 19.2 Å². The van der Waals surface area contributed by atoms with Gasteiger partial charge >= 0.3 is 11.9 Å². The fraction of sp³-hybridized carbons (Fsp3) is 0.238. The third-order valence-corrected chi connectivity index (χ3v) is 6.01. The third kappa shape index (κ3) is 1.88. The molecule has 0 saturated heterocycles. The van der Waals surface area contributed by atoms with Crippen molar-refractivity contribution < 1.29 is 28.7 Å². The number of esters is 2. The molecule has 142 valence electrons. The van der Waals surface area contributed by atoms with Gasteiger partial charge in [-0.05, 0) is 17.7 Å². The molecule has 28 heavy (non-hydrogen) atoms. The summed E-state index contributed by atoms with van der Waals surface area (Å²) in [6.45, 7) is 0. The maximum Gasteiger partial charge on any atom is 0.325 e. The molecule has 2 aliphatic rings. The van der Waals surface area contributed by atoms with Crippen molar-refractivity contribution in [2.45, 2.75) is 5.92 Å². The fourth-order valence-electron chi connectivity index (χ4n) is 4.62. The summed E-state index contributed by atoms with van der Waals surface area (Å²) in [5.41, 5.74) is -3.20. The largest absolute Gasteiger partial charge is 0.468 e. The number of benzene rings is 2. The number of hydrogen-bond acceptors (Lipinski definition) is 6. The summed E-state index contributed by atoms with van der Waals surface area (Å²) in [5, 5.41) is 0.438. The van der Waals surface area contributed by atoms with Gasteiger partial charge in [-0.25, -0.2) is 0 Å². The zero-order chi connectivity index (χ0) is 20.3. The van der Waals surface area contributed by atoms with E-state index in [1.54, 1.807) is 36.4 Å². The maximum atomic E-state index is 13.4. The van der Waals surface area contributed by atoms with Crippen LogP contribution in [0.4, 0.5) is 0 Å². The van der Waals surface area contributed by atoms with Gasteiger partial charge in [0.1, 0.15) is 5.41 Å². The molecule has 2 aliphatic carbocycles. The minimum atomic E-state index is -2.09. The van der Waals surface area contributed by atoms with Gasteiger partial charge in [0.25, 0.3) is 0 Å². The summed E-state index contributed by atoms with van der Waals surface area (Å²) in [4.78, 5) is 52.7. The minimum absolute atomic E-state index is 0.182. The standard InChI is InChI=1S/C21H15ClO6/c1-27-18(25)21(19(26)28-2)15(11-7-9-12(22)10-8-11)20(21)16(23)13-5-3-4-6-14(13)17(20)24/h3-10,15H,1-2H3/t15-/m0/s1. The predicted octanol–water partition coefficient (Wildman–Crippen LogP) is 2.84. The van der Waals surface area contributed by atoms with Gasteiger partial charge in [-0.15, -0.1) is 0 Å². The summed E-state index contributed by atoms with van der Waals surface area (Å²) >= 11 is 5.95. The van der Waals surface area contributed by atoms with Crippen LogP contribution in [0.15, 0.2) is 48.5 Å². The highest BCUT2D eigenvalue weighted by molar-refractivity contribution is 6.39. The second kappa shape index (κ2) is 6.01. The van der Waals surface area contributed by atoms with E-state index in [0.717, 1.165) is 14.2 Å². The molecule has 1 spiro atoms. The molecule has 0 aliphatic heterocycles. The van der Waals surface area contributed by atoms with Crippen LogP contribution in [-0.4, -0.2) is 37.7 Å². The first-order chi connectivity index (χ1) is 13.4. The van der Waals surface area contributed by atoms with Crippen molar-refractivity contribution >= 4 is 35.1 Å². The third-order valence-electron chi connectivity index (χ3n) is 5.76. The zero-order valence-corrected chi connectivity index (χ0v) is 15.8. The van der Waals surface area contributed by atoms with E-state index in [1.165, 1.54) is 12.1 Å². The van der Waals surface area contributed by atoms with Crippen molar-refractivity contribution in [3.05, 3.63) is 70.2 Å². The first kappa shape index (κ1) is 18.4. The normalized spacial score (nSPS) is 20.6. The highest BCUT2D eigenvalue weighted by Crippen LogP contribution is 2.79. The molecule has 6 nitrogen and oxygen atoms in total. The quantitative estimate of drug-likeness (QED) is 0.583. The van der Waals surface area contributed by atoms with Gasteiger partial charge in [0.05, 0.1) is 14.2 Å². The molecule has 2 aromatic rings. The Balaban J connectivity index is 2.02. The molecule has 4 rings (SSSR count). The molecule has 0 radical (unpaired) electrons. The molecule has 2 aromatic carbocycles. The number of carbonyl (C=O) groups is 4. The zero-order valence-electron chi connectivity index (χ0n) is 15.0. The van der Waals surface area contributed by atoms with E-state index in [2.05, 4.69) is 0 Å². The van der Waals surface area contributed by atoms with Gasteiger partial charge in [-0.1, -0.05) is 48.0 Å². The van der Waals surface area contributed by atoms with Crippen LogP contribution in [0, 0.1) is 10.8 Å². The lowest BCUT2D eigenvalue weighted by Gasteiger charge is -2.15.